The third-order valence-corrected chi connectivity index (χ3v) is 4.77. The van der Waals surface area contributed by atoms with Gasteiger partial charge in [0.15, 0.2) is 0 Å². The second-order valence-electron chi connectivity index (χ2n) is 6.00. The van der Waals surface area contributed by atoms with E-state index in [9.17, 15) is 4.79 Å². The summed E-state index contributed by atoms with van der Waals surface area (Å²) < 4.78 is 12.0. The Morgan fingerprint density at radius 2 is 2.45 bits per heavy atom. The third kappa shape index (κ3) is 3.62. The smallest absolute Gasteiger partial charge is 0.232 e. The minimum absolute atomic E-state index is 0.175. The van der Waals surface area contributed by atoms with Gasteiger partial charge in [0.05, 0.1) is 31.6 Å². The van der Waals surface area contributed by atoms with Crippen molar-refractivity contribution in [1.82, 2.24) is 9.88 Å². The largest absolute Gasteiger partial charge is 0.373 e. The molecule has 2 aliphatic rings. The second kappa shape index (κ2) is 6.98. The molecular formula is C16H22N2O3S. The SMILES string of the molecule is CSCC(=O)N1CC2(CC(OCc3cccnc3)CCO2)C1. The lowest BCUT2D eigenvalue weighted by molar-refractivity contribution is -0.201. The van der Waals surface area contributed by atoms with Crippen molar-refractivity contribution in [3.05, 3.63) is 30.1 Å². The fourth-order valence-corrected chi connectivity index (χ4v) is 3.51. The number of hydrogen-bond acceptors (Lipinski definition) is 5. The van der Waals surface area contributed by atoms with Gasteiger partial charge in [-0.1, -0.05) is 6.07 Å². The molecule has 1 unspecified atom stereocenters. The highest BCUT2D eigenvalue weighted by molar-refractivity contribution is 7.99. The maximum atomic E-state index is 11.9. The zero-order chi connectivity index (χ0) is 15.4. The van der Waals surface area contributed by atoms with E-state index in [4.69, 9.17) is 9.47 Å². The Morgan fingerprint density at radius 3 is 3.18 bits per heavy atom. The van der Waals surface area contributed by atoms with Gasteiger partial charge < -0.3 is 14.4 Å². The number of ether oxygens (including phenoxy) is 2. The van der Waals surface area contributed by atoms with E-state index >= 15 is 0 Å². The van der Waals surface area contributed by atoms with Gasteiger partial charge in [0.1, 0.15) is 5.60 Å². The Balaban J connectivity index is 1.47. The monoisotopic (exact) mass is 322 g/mol. The predicted molar refractivity (Wildman–Crippen MR) is 85.7 cm³/mol. The number of likely N-dealkylation sites (tertiary alicyclic amines) is 1. The number of rotatable bonds is 5. The van der Waals surface area contributed by atoms with E-state index < -0.39 is 0 Å². The van der Waals surface area contributed by atoms with Gasteiger partial charge in [0.25, 0.3) is 0 Å². The molecule has 2 aliphatic heterocycles. The molecule has 2 fully saturated rings. The molecule has 1 aromatic heterocycles. The molecule has 120 valence electrons. The van der Waals surface area contributed by atoms with E-state index in [2.05, 4.69) is 4.98 Å². The van der Waals surface area contributed by atoms with Crippen LogP contribution in [0.1, 0.15) is 18.4 Å². The molecule has 3 rings (SSSR count). The van der Waals surface area contributed by atoms with Gasteiger partial charge in [-0.25, -0.2) is 0 Å². The number of carbonyl (C=O) groups excluding carboxylic acids is 1. The molecule has 1 amide bonds. The van der Waals surface area contributed by atoms with E-state index in [-0.39, 0.29) is 17.6 Å². The maximum Gasteiger partial charge on any atom is 0.232 e. The fraction of sp³-hybridized carbons (Fsp3) is 0.625. The summed E-state index contributed by atoms with van der Waals surface area (Å²) in [5.74, 6) is 0.761. The lowest BCUT2D eigenvalue weighted by Crippen LogP contribution is -2.67. The summed E-state index contributed by atoms with van der Waals surface area (Å²) in [4.78, 5) is 17.8. The Labute approximate surface area is 135 Å². The van der Waals surface area contributed by atoms with Crippen LogP contribution in [0.2, 0.25) is 0 Å². The standard InChI is InChI=1S/C16H22N2O3S/c1-22-10-15(19)18-11-16(12-18)7-14(4-6-21-16)20-9-13-3-2-5-17-8-13/h2-3,5,8,14H,4,6-7,9-12H2,1H3. The van der Waals surface area contributed by atoms with Crippen LogP contribution < -0.4 is 0 Å². The van der Waals surface area contributed by atoms with Crippen LogP contribution >= 0.6 is 11.8 Å². The Kier molecular flexibility index (Phi) is 5.00. The van der Waals surface area contributed by atoms with E-state index in [1.807, 2.05) is 29.5 Å². The van der Waals surface area contributed by atoms with Crippen molar-refractivity contribution in [1.29, 1.82) is 0 Å². The Bertz CT molecular complexity index is 505. The number of hydrogen-bond donors (Lipinski definition) is 0. The fourth-order valence-electron chi connectivity index (χ4n) is 3.08. The van der Waals surface area contributed by atoms with Gasteiger partial charge in [0, 0.05) is 25.4 Å². The molecule has 1 aromatic rings. The van der Waals surface area contributed by atoms with Crippen LogP contribution in [-0.2, 0) is 20.9 Å². The average Bonchev–Trinajstić information content (AvgIpc) is 2.52. The number of pyridine rings is 1. The summed E-state index contributed by atoms with van der Waals surface area (Å²) in [7, 11) is 0. The molecule has 0 aliphatic carbocycles. The zero-order valence-electron chi connectivity index (χ0n) is 12.9. The zero-order valence-corrected chi connectivity index (χ0v) is 13.7. The van der Waals surface area contributed by atoms with Crippen LogP contribution in [0.4, 0.5) is 0 Å². The Hall–Kier alpha value is -1.11. The number of amides is 1. The minimum atomic E-state index is -0.175. The molecule has 6 heteroatoms. The quantitative estimate of drug-likeness (QED) is 0.826. The molecule has 1 spiro atoms. The van der Waals surface area contributed by atoms with Gasteiger partial charge in [-0.15, -0.1) is 0 Å². The van der Waals surface area contributed by atoms with Crippen molar-refractivity contribution in [2.24, 2.45) is 0 Å². The molecule has 0 radical (unpaired) electrons. The van der Waals surface area contributed by atoms with E-state index in [1.54, 1.807) is 18.0 Å². The van der Waals surface area contributed by atoms with Crippen molar-refractivity contribution in [3.8, 4) is 0 Å². The highest BCUT2D eigenvalue weighted by Crippen LogP contribution is 2.35. The van der Waals surface area contributed by atoms with E-state index in [0.29, 0.717) is 32.1 Å². The second-order valence-corrected chi connectivity index (χ2v) is 6.87. The van der Waals surface area contributed by atoms with Crippen molar-refractivity contribution in [2.75, 3.05) is 31.7 Å². The first-order valence-corrected chi connectivity index (χ1v) is 9.01. The summed E-state index contributed by atoms with van der Waals surface area (Å²) in [5, 5.41) is 0. The molecule has 0 saturated carbocycles. The summed E-state index contributed by atoms with van der Waals surface area (Å²) in [5.41, 5.74) is 0.916. The number of aromatic nitrogens is 1. The van der Waals surface area contributed by atoms with Crippen molar-refractivity contribution in [2.45, 2.75) is 31.2 Å². The van der Waals surface area contributed by atoms with Crippen molar-refractivity contribution < 1.29 is 14.3 Å². The first-order valence-electron chi connectivity index (χ1n) is 7.62. The van der Waals surface area contributed by atoms with Crippen LogP contribution in [-0.4, -0.2) is 59.2 Å². The molecular weight excluding hydrogens is 300 g/mol. The summed E-state index contributed by atoms with van der Waals surface area (Å²) in [6.07, 6.45) is 7.54. The lowest BCUT2D eigenvalue weighted by Gasteiger charge is -2.53. The van der Waals surface area contributed by atoms with Crippen molar-refractivity contribution >= 4 is 17.7 Å². The summed E-state index contributed by atoms with van der Waals surface area (Å²) in [6.45, 7) is 2.71. The lowest BCUT2D eigenvalue weighted by atomic mass is 9.84. The average molecular weight is 322 g/mol. The summed E-state index contributed by atoms with van der Waals surface area (Å²) in [6, 6.07) is 3.94. The Morgan fingerprint density at radius 1 is 1.59 bits per heavy atom. The molecule has 0 aromatic carbocycles. The van der Waals surface area contributed by atoms with Crippen LogP contribution in [0, 0.1) is 0 Å². The number of carbonyl (C=O) groups is 1. The van der Waals surface area contributed by atoms with Crippen molar-refractivity contribution in [3.63, 3.8) is 0 Å². The van der Waals surface area contributed by atoms with Crippen LogP contribution in [0.3, 0.4) is 0 Å². The third-order valence-electron chi connectivity index (χ3n) is 4.23. The van der Waals surface area contributed by atoms with Gasteiger partial charge >= 0.3 is 0 Å². The molecule has 22 heavy (non-hydrogen) atoms. The predicted octanol–water partition coefficient (Wildman–Crippen LogP) is 1.72. The molecule has 2 saturated heterocycles. The molecule has 1 atom stereocenters. The van der Waals surface area contributed by atoms with E-state index in [0.717, 1.165) is 18.4 Å². The highest BCUT2D eigenvalue weighted by atomic mass is 32.2. The molecule has 0 N–H and O–H groups in total. The maximum absolute atomic E-state index is 11.9. The first-order chi connectivity index (χ1) is 10.7. The summed E-state index contributed by atoms with van der Waals surface area (Å²) >= 11 is 1.57. The van der Waals surface area contributed by atoms with E-state index in [1.165, 1.54) is 0 Å². The molecule has 0 bridgehead atoms. The normalized spacial score (nSPS) is 23.3. The molecule has 3 heterocycles. The van der Waals surface area contributed by atoms with Gasteiger partial charge in [-0.3, -0.25) is 9.78 Å². The van der Waals surface area contributed by atoms with Gasteiger partial charge in [-0.05, 0) is 24.3 Å². The van der Waals surface area contributed by atoms with Crippen LogP contribution in [0.25, 0.3) is 0 Å². The first kappa shape index (κ1) is 15.8. The number of thioether (sulfide) groups is 1. The highest BCUT2D eigenvalue weighted by Gasteiger charge is 2.49. The topological polar surface area (TPSA) is 51.7 Å². The van der Waals surface area contributed by atoms with Gasteiger partial charge in [-0.2, -0.15) is 11.8 Å². The van der Waals surface area contributed by atoms with Crippen LogP contribution in [0.5, 0.6) is 0 Å². The van der Waals surface area contributed by atoms with Gasteiger partial charge in [0.2, 0.25) is 5.91 Å². The van der Waals surface area contributed by atoms with Crippen LogP contribution in [0.15, 0.2) is 24.5 Å². The molecule has 5 nitrogen and oxygen atoms in total. The minimum Gasteiger partial charge on any atom is -0.373 e. The number of nitrogens with zero attached hydrogens (tertiary/aromatic N) is 2.